The zero-order valence-electron chi connectivity index (χ0n) is 11.1. The molecule has 3 rings (SSSR count). The number of esters is 1. The topological polar surface area (TPSA) is 121 Å². The lowest BCUT2D eigenvalue weighted by molar-refractivity contribution is -0.384. The molecule has 0 radical (unpaired) electrons. The first-order valence-electron chi connectivity index (χ1n) is 6.00. The molecule has 0 bridgehead atoms. The number of nitro benzene ring substituents is 1. The van der Waals surface area contributed by atoms with Crippen molar-refractivity contribution in [3.63, 3.8) is 0 Å². The van der Waals surface area contributed by atoms with Gasteiger partial charge < -0.3 is 4.74 Å². The van der Waals surface area contributed by atoms with Crippen LogP contribution in [0.25, 0.3) is 16.6 Å². The van der Waals surface area contributed by atoms with Gasteiger partial charge in [-0.2, -0.15) is 0 Å². The average Bonchev–Trinajstić information content (AvgIpc) is 2.83. The van der Waals surface area contributed by atoms with Crippen LogP contribution >= 0.6 is 0 Å². The van der Waals surface area contributed by atoms with Gasteiger partial charge >= 0.3 is 5.97 Å². The van der Waals surface area contributed by atoms with Gasteiger partial charge in [0.1, 0.15) is 5.70 Å². The van der Waals surface area contributed by atoms with Crippen LogP contribution in [0, 0.1) is 10.1 Å². The molecule has 0 N–H and O–H groups in total. The second-order valence-electron chi connectivity index (χ2n) is 4.42. The number of nitro groups is 1. The third-order valence-corrected chi connectivity index (χ3v) is 3.19. The van der Waals surface area contributed by atoms with Crippen molar-refractivity contribution in [2.75, 3.05) is 7.11 Å². The quantitative estimate of drug-likeness (QED) is 0.450. The summed E-state index contributed by atoms with van der Waals surface area (Å²) >= 11 is 0. The van der Waals surface area contributed by atoms with Gasteiger partial charge in [0.25, 0.3) is 11.2 Å². The molecule has 22 heavy (non-hydrogen) atoms. The third kappa shape index (κ3) is 1.79. The fourth-order valence-corrected chi connectivity index (χ4v) is 2.18. The molecule has 1 aliphatic heterocycles. The van der Waals surface area contributed by atoms with Crippen molar-refractivity contribution in [1.29, 1.82) is 0 Å². The zero-order chi connectivity index (χ0) is 16.0. The van der Waals surface area contributed by atoms with Crippen LogP contribution in [0.5, 0.6) is 0 Å². The van der Waals surface area contributed by atoms with Crippen LogP contribution in [-0.4, -0.2) is 33.3 Å². The molecule has 9 heteroatoms. The molecule has 1 aliphatic rings. The van der Waals surface area contributed by atoms with E-state index in [0.717, 1.165) is 29.9 Å². The monoisotopic (exact) mass is 301 g/mol. The Morgan fingerprint density at radius 1 is 1.36 bits per heavy atom. The van der Waals surface area contributed by atoms with Gasteiger partial charge in [0.15, 0.2) is 5.82 Å². The van der Waals surface area contributed by atoms with E-state index in [2.05, 4.69) is 9.72 Å². The minimum Gasteiger partial charge on any atom is -0.464 e. The van der Waals surface area contributed by atoms with E-state index < -0.39 is 22.2 Å². The zero-order valence-corrected chi connectivity index (χ0v) is 11.1. The van der Waals surface area contributed by atoms with E-state index in [1.807, 2.05) is 0 Å². The molecule has 0 amide bonds. The van der Waals surface area contributed by atoms with Crippen molar-refractivity contribution in [3.8, 4) is 0 Å². The van der Waals surface area contributed by atoms with Gasteiger partial charge in [-0.3, -0.25) is 19.7 Å². The number of fused-ring (bicyclic) bond motifs is 2. The van der Waals surface area contributed by atoms with Crippen molar-refractivity contribution in [2.24, 2.45) is 0 Å². The molecule has 0 saturated carbocycles. The van der Waals surface area contributed by atoms with E-state index in [1.165, 1.54) is 6.07 Å². The Morgan fingerprint density at radius 2 is 2.09 bits per heavy atom. The van der Waals surface area contributed by atoms with E-state index in [9.17, 15) is 24.5 Å². The minimum absolute atomic E-state index is 0.0123. The Hall–Kier alpha value is -3.36. The van der Waals surface area contributed by atoms with E-state index in [4.69, 9.17) is 0 Å². The molecule has 2 heterocycles. The highest BCUT2D eigenvalue weighted by atomic mass is 16.6. The number of hydrogen-bond acceptors (Lipinski definition) is 7. The number of carbonyl (C=O) groups is 2. The number of benzene rings is 1. The molecule has 0 spiro atoms. The van der Waals surface area contributed by atoms with E-state index in [-0.39, 0.29) is 28.1 Å². The molecule has 0 unspecified atom stereocenters. The lowest BCUT2D eigenvalue weighted by Crippen LogP contribution is -2.25. The molecule has 1 aromatic carbocycles. The number of rotatable bonds is 2. The lowest BCUT2D eigenvalue weighted by atomic mass is 10.2. The van der Waals surface area contributed by atoms with Crippen LogP contribution in [0.15, 0.2) is 29.1 Å². The van der Waals surface area contributed by atoms with Gasteiger partial charge in [-0.1, -0.05) is 0 Å². The first-order valence-corrected chi connectivity index (χ1v) is 6.00. The Labute approximate surface area is 121 Å². The van der Waals surface area contributed by atoms with Crippen LogP contribution < -0.4 is 5.56 Å². The standard InChI is InChI=1S/C13H7N3O6/c1-22-13(19)9-5-10(17)11-14-8-4-6(16(20)21)2-3-7(8)12(18)15(9)11/h2-5H,1H3. The second kappa shape index (κ2) is 4.58. The summed E-state index contributed by atoms with van der Waals surface area (Å²) in [6.07, 6.45) is 0.947. The highest BCUT2D eigenvalue weighted by Gasteiger charge is 2.30. The number of nitrogens with zero attached hydrogens (tertiary/aromatic N) is 3. The first kappa shape index (κ1) is 13.6. The highest BCUT2D eigenvalue weighted by molar-refractivity contribution is 6.23. The number of non-ortho nitro benzene ring substituents is 1. The molecule has 0 aliphatic carbocycles. The van der Waals surface area contributed by atoms with Gasteiger partial charge in [-0.25, -0.2) is 14.3 Å². The van der Waals surface area contributed by atoms with Gasteiger partial charge in [-0.05, 0) is 6.07 Å². The summed E-state index contributed by atoms with van der Waals surface area (Å²) in [6.45, 7) is 0. The third-order valence-electron chi connectivity index (χ3n) is 3.19. The lowest BCUT2D eigenvalue weighted by Gasteiger charge is -2.07. The van der Waals surface area contributed by atoms with Crippen LogP contribution in [0.2, 0.25) is 0 Å². The number of ether oxygens (including phenoxy) is 1. The first-order chi connectivity index (χ1) is 10.4. The Bertz CT molecular complexity index is 956. The predicted molar refractivity (Wildman–Crippen MR) is 73.3 cm³/mol. The Balaban J connectivity index is 2.34. The summed E-state index contributed by atoms with van der Waals surface area (Å²) in [5, 5.41) is 10.8. The number of allylic oxidation sites excluding steroid dienone is 1. The SMILES string of the molecule is COC(=O)C1=CC(=O)c2nc3cc([N+](=O)[O-])ccc3c(=O)n21. The largest absolute Gasteiger partial charge is 0.464 e. The van der Waals surface area contributed by atoms with E-state index in [0.29, 0.717) is 0 Å². The fourth-order valence-electron chi connectivity index (χ4n) is 2.18. The second-order valence-corrected chi connectivity index (χ2v) is 4.42. The van der Waals surface area contributed by atoms with Crippen molar-refractivity contribution in [1.82, 2.24) is 9.55 Å². The normalized spacial score (nSPS) is 13.0. The molecule has 110 valence electrons. The highest BCUT2D eigenvalue weighted by Crippen LogP contribution is 2.22. The summed E-state index contributed by atoms with van der Waals surface area (Å²) in [7, 11) is 1.12. The molecule has 0 fully saturated rings. The molecule has 9 nitrogen and oxygen atoms in total. The maximum Gasteiger partial charge on any atom is 0.355 e. The summed E-state index contributed by atoms with van der Waals surface area (Å²) in [4.78, 5) is 50.0. The molecule has 0 saturated heterocycles. The number of methoxy groups -OCH3 is 1. The summed E-state index contributed by atoms with van der Waals surface area (Å²) < 4.78 is 5.37. The summed E-state index contributed by atoms with van der Waals surface area (Å²) in [6, 6.07) is 3.48. The Morgan fingerprint density at radius 3 is 2.73 bits per heavy atom. The van der Waals surface area contributed by atoms with Gasteiger partial charge in [-0.15, -0.1) is 0 Å². The number of ketones is 1. The predicted octanol–water partition coefficient (Wildman–Crippen LogP) is 0.515. The molecule has 1 aromatic heterocycles. The number of hydrogen-bond donors (Lipinski definition) is 0. The maximum atomic E-state index is 12.4. The Kier molecular flexibility index (Phi) is 2.84. The molecular formula is C13H7N3O6. The van der Waals surface area contributed by atoms with Gasteiger partial charge in [0.05, 0.1) is 22.9 Å². The van der Waals surface area contributed by atoms with Crippen molar-refractivity contribution >= 4 is 34.0 Å². The van der Waals surface area contributed by atoms with Crippen molar-refractivity contribution in [2.45, 2.75) is 0 Å². The van der Waals surface area contributed by atoms with Crippen LogP contribution in [0.4, 0.5) is 5.69 Å². The minimum atomic E-state index is -0.850. The van der Waals surface area contributed by atoms with E-state index in [1.54, 1.807) is 0 Å². The molecular weight excluding hydrogens is 294 g/mol. The van der Waals surface area contributed by atoms with Crippen LogP contribution in [0.1, 0.15) is 10.6 Å². The van der Waals surface area contributed by atoms with Gasteiger partial charge in [0.2, 0.25) is 5.78 Å². The molecule has 2 aromatic rings. The van der Waals surface area contributed by atoms with Gasteiger partial charge in [0, 0.05) is 18.2 Å². The van der Waals surface area contributed by atoms with Crippen LogP contribution in [0.3, 0.4) is 0 Å². The van der Waals surface area contributed by atoms with Crippen molar-refractivity contribution < 1.29 is 19.2 Å². The average molecular weight is 301 g/mol. The molecule has 0 atom stereocenters. The summed E-state index contributed by atoms with van der Waals surface area (Å²) in [5.41, 5.74) is -1.15. The number of carbonyl (C=O) groups excluding carboxylic acids is 2. The smallest absolute Gasteiger partial charge is 0.355 e. The maximum absolute atomic E-state index is 12.4. The van der Waals surface area contributed by atoms with Crippen LogP contribution in [-0.2, 0) is 9.53 Å². The van der Waals surface area contributed by atoms with E-state index >= 15 is 0 Å². The van der Waals surface area contributed by atoms with Crippen molar-refractivity contribution in [3.05, 3.63) is 50.6 Å². The fraction of sp³-hybridized carbons (Fsp3) is 0.0769. The summed E-state index contributed by atoms with van der Waals surface area (Å²) in [5.74, 6) is -1.78. The number of aromatic nitrogens is 2.